The maximum Gasteiger partial charge on any atom is 0.323 e. The zero-order chi connectivity index (χ0) is 67.6. The number of benzene rings is 3. The van der Waals surface area contributed by atoms with E-state index < -0.39 is 36.4 Å². The average molecular weight is 1280 g/mol. The number of nitrogens with one attached hydrogen (secondary N) is 4. The number of carbonyl (C=O) groups excluding carboxylic acids is 1. The Morgan fingerprint density at radius 3 is 1.78 bits per heavy atom. The first-order chi connectivity index (χ1) is 44.2. The van der Waals surface area contributed by atoms with Gasteiger partial charge in [0.05, 0.1) is 11.9 Å². The van der Waals surface area contributed by atoms with Crippen LogP contribution in [-0.2, 0) is 24.5 Å². The van der Waals surface area contributed by atoms with Gasteiger partial charge in [-0.1, -0.05) is 85.2 Å². The van der Waals surface area contributed by atoms with Crippen molar-refractivity contribution in [2.45, 2.75) is 121 Å². The smallest absolute Gasteiger partial charge is 0.323 e. The van der Waals surface area contributed by atoms with Crippen molar-refractivity contribution in [3.05, 3.63) is 121 Å². The zero-order valence-electron chi connectivity index (χ0n) is 55.0. The molecule has 5 heterocycles. The summed E-state index contributed by atoms with van der Waals surface area (Å²) in [6, 6.07) is 18.8. The molecular formula is C65H77N21O6S. The monoisotopic (exact) mass is 1280 g/mol. The highest BCUT2D eigenvalue weighted by molar-refractivity contribution is 7.16. The van der Waals surface area contributed by atoms with Crippen LogP contribution in [0.1, 0.15) is 119 Å². The van der Waals surface area contributed by atoms with E-state index in [0.29, 0.717) is 85.1 Å². The van der Waals surface area contributed by atoms with E-state index in [4.69, 9.17) is 30.0 Å². The van der Waals surface area contributed by atoms with Gasteiger partial charge in [-0.05, 0) is 134 Å². The molecule has 93 heavy (non-hydrogen) atoms. The summed E-state index contributed by atoms with van der Waals surface area (Å²) in [7, 11) is 3.35. The van der Waals surface area contributed by atoms with E-state index in [2.05, 4.69) is 105 Å². The number of nitrogens with zero attached hydrogens (tertiary/aromatic N) is 17. The number of unbranched alkanes of at least 4 members (excludes halogenated alkanes) is 1. The third-order valence-corrected chi connectivity index (χ3v) is 15.8. The summed E-state index contributed by atoms with van der Waals surface area (Å²) < 4.78 is 8.07. The summed E-state index contributed by atoms with van der Waals surface area (Å²) >= 11 is 1.06. The lowest BCUT2D eigenvalue weighted by Gasteiger charge is -2.29. The van der Waals surface area contributed by atoms with Crippen LogP contribution in [0.5, 0.6) is 0 Å². The molecule has 27 nitrogen and oxygen atoms in total. The van der Waals surface area contributed by atoms with E-state index in [1.165, 1.54) is 15.6 Å². The summed E-state index contributed by atoms with van der Waals surface area (Å²) in [4.78, 5) is 54.0. The second-order valence-electron chi connectivity index (χ2n) is 23.8. The minimum absolute atomic E-state index is 0.0311. The van der Waals surface area contributed by atoms with Gasteiger partial charge in [0.2, 0.25) is 27.9 Å². The molecule has 0 radical (unpaired) electrons. The topological polar surface area (TPSA) is 353 Å². The number of hydrogen-bond acceptors (Lipinski definition) is 23. The van der Waals surface area contributed by atoms with Gasteiger partial charge in [0.15, 0.2) is 29.0 Å². The Kier molecular flexibility index (Phi) is 21.7. The molecule has 0 aliphatic carbocycles. The van der Waals surface area contributed by atoms with Crippen LogP contribution in [0, 0.1) is 91.9 Å². The minimum Gasteiger partial charge on any atom is -0.480 e. The summed E-state index contributed by atoms with van der Waals surface area (Å²) in [6.07, 6.45) is 2.81. The number of aliphatic carboxylic acids is 2. The molecular weight excluding hydrogens is 1200 g/mol. The highest BCUT2D eigenvalue weighted by atomic mass is 32.1. The van der Waals surface area contributed by atoms with Crippen molar-refractivity contribution in [1.82, 2.24) is 49.6 Å². The lowest BCUT2D eigenvalue weighted by atomic mass is 9.90. The Morgan fingerprint density at radius 1 is 0.677 bits per heavy atom. The number of amides is 1. The first-order valence-corrected chi connectivity index (χ1v) is 30.9. The largest absolute Gasteiger partial charge is 0.480 e. The number of aromatic nitrogens is 9. The first kappa shape index (κ1) is 68.3. The van der Waals surface area contributed by atoms with E-state index >= 15 is 0 Å². The third-order valence-electron chi connectivity index (χ3n) is 14.9. The fourth-order valence-electron chi connectivity index (χ4n) is 10.9. The maximum atomic E-state index is 13.2. The second-order valence-corrected chi connectivity index (χ2v) is 24.7. The number of methoxy groups -OCH3 is 1. The molecule has 8 aromatic rings. The Hall–Kier alpha value is -10.6. The van der Waals surface area contributed by atoms with Gasteiger partial charge in [-0.25, -0.2) is 9.67 Å². The van der Waals surface area contributed by atoms with Crippen LogP contribution < -0.4 is 26.2 Å². The van der Waals surface area contributed by atoms with Crippen LogP contribution in [-0.4, -0.2) is 125 Å². The summed E-state index contributed by atoms with van der Waals surface area (Å²) in [5.74, 6) is -1.26. The highest BCUT2D eigenvalue weighted by Crippen LogP contribution is 2.43. The van der Waals surface area contributed by atoms with Gasteiger partial charge in [-0.15, -0.1) is 35.8 Å². The minimum atomic E-state index is -1.31. The molecule has 484 valence electrons. The second kappa shape index (κ2) is 29.6. The highest BCUT2D eigenvalue weighted by Gasteiger charge is 2.31. The number of hydrogen-bond donors (Lipinski definition) is 6. The Balaban J connectivity index is 1.20. The van der Waals surface area contributed by atoms with Crippen molar-refractivity contribution in [3.8, 4) is 22.4 Å². The van der Waals surface area contributed by atoms with Gasteiger partial charge in [0.1, 0.15) is 47.9 Å². The molecule has 5 aromatic heterocycles. The first-order valence-electron chi connectivity index (χ1n) is 30.0. The van der Waals surface area contributed by atoms with Gasteiger partial charge in [-0.3, -0.25) is 14.4 Å². The Bertz CT molecular complexity index is 4210. The molecule has 0 spiro atoms. The molecule has 28 heteroatoms. The Labute approximate surface area is 543 Å². The van der Waals surface area contributed by atoms with E-state index in [0.717, 1.165) is 83.4 Å². The van der Waals surface area contributed by atoms with E-state index in [-0.39, 0.29) is 45.1 Å². The summed E-state index contributed by atoms with van der Waals surface area (Å²) in [5, 5.41) is 91.7. The number of pyridine rings is 1. The third kappa shape index (κ3) is 16.3. The fourth-order valence-corrected chi connectivity index (χ4v) is 11.7. The number of nitriles is 2. The lowest BCUT2D eigenvalue weighted by Crippen LogP contribution is -2.39. The van der Waals surface area contributed by atoms with Crippen molar-refractivity contribution in [2.24, 2.45) is 20.5 Å². The predicted octanol–water partition coefficient (Wildman–Crippen LogP) is 13.3. The van der Waals surface area contributed by atoms with Crippen LogP contribution in [0.2, 0.25) is 0 Å². The molecule has 0 saturated carbocycles. The molecule has 0 aliphatic rings. The molecule has 0 saturated heterocycles. The molecule has 0 bridgehead atoms. The van der Waals surface area contributed by atoms with Crippen molar-refractivity contribution in [3.63, 3.8) is 0 Å². The molecule has 0 aliphatic heterocycles. The van der Waals surface area contributed by atoms with E-state index in [1.807, 2.05) is 96.1 Å². The van der Waals surface area contributed by atoms with Crippen molar-refractivity contribution in [2.75, 3.05) is 73.1 Å². The van der Waals surface area contributed by atoms with E-state index in [1.54, 1.807) is 14.2 Å². The van der Waals surface area contributed by atoms with Crippen LogP contribution in [0.15, 0.2) is 69.1 Å². The van der Waals surface area contributed by atoms with Crippen LogP contribution in [0.25, 0.3) is 10.3 Å². The number of carboxylic acid groups (broad SMARTS) is 2. The standard InChI is InChI=1S/C65H77N21O6S/c1-35-23-38(4)51(39(5)24-35)71-59-53(42(8)29-47(70-59)84(55-43(9)27-37(3)28-44(55)10)21-17-16-19-48(87)83(33-49(88)89)34-50(90)91)75-78-61-46(31-67)56(65(11,12)13)81-86(61)64-80-79-63(93-64)85-32-45(30-66)57(82-85)77-76-54-58(69-20-18-22-92-15)73-62(68-14)74-60(54)72-52-40(6)25-36(2)26-41(52)7/h23-29,32H,16-22,33-34H2,1-15H3,(H,70,71)(H,88,89)(H,90,91)(H3,68,69,72,73,74). The molecule has 3 aromatic carbocycles. The van der Waals surface area contributed by atoms with Gasteiger partial charge < -0.3 is 46.0 Å². The van der Waals surface area contributed by atoms with Crippen molar-refractivity contribution < 1.29 is 29.3 Å². The molecule has 6 N–H and O–H groups in total. The summed E-state index contributed by atoms with van der Waals surface area (Å²) in [5.41, 5.74) is 12.8. The number of ether oxygens (including phenoxy) is 1. The number of aryl methyl sites for hydroxylation is 10. The number of azo groups is 2. The van der Waals surface area contributed by atoms with Crippen LogP contribution in [0.3, 0.4) is 0 Å². The van der Waals surface area contributed by atoms with Crippen LogP contribution in [0.4, 0.5) is 69.3 Å². The van der Waals surface area contributed by atoms with Crippen molar-refractivity contribution >= 4 is 98.5 Å². The van der Waals surface area contributed by atoms with Gasteiger partial charge in [-0.2, -0.15) is 30.3 Å². The molecule has 1 amide bonds. The normalized spacial score (nSPS) is 11.5. The number of carbonyl (C=O) groups is 3. The number of carboxylic acids is 2. The van der Waals surface area contributed by atoms with Crippen LogP contribution >= 0.6 is 11.3 Å². The molecule has 0 atom stereocenters. The zero-order valence-corrected chi connectivity index (χ0v) is 55.8. The van der Waals surface area contributed by atoms with E-state index in [9.17, 15) is 35.1 Å². The quantitative estimate of drug-likeness (QED) is 0.0206. The predicted molar refractivity (Wildman–Crippen MR) is 357 cm³/mol. The molecule has 0 fully saturated rings. The molecule has 0 unspecified atom stereocenters. The average Bonchev–Trinajstić information content (AvgIpc) is 1.73. The maximum absolute atomic E-state index is 13.2. The number of anilines is 8. The number of rotatable bonds is 27. The SMILES string of the molecule is CNc1nc(NCCCOC)c(N=Nc2nn(-c3nnc(-n4nc(C(C)(C)C)c(C#N)c4N=Nc4c(C)cc(N(CCCCC(=O)N(CC(=O)O)CC(=O)O)c5c(C)cc(C)cc5C)nc4Nc4c(C)cc(C)cc4C)s3)cc2C#N)c(Nc2c(C)cc(C)cc2C)n1. The Morgan fingerprint density at radius 2 is 1.24 bits per heavy atom. The van der Waals surface area contributed by atoms with Gasteiger partial charge >= 0.3 is 11.9 Å². The lowest BCUT2D eigenvalue weighted by molar-refractivity contribution is -0.149. The summed E-state index contributed by atoms with van der Waals surface area (Å²) in [6.45, 7) is 25.7. The fraction of sp³-hybridized carbons (Fsp3) is 0.385. The van der Waals surface area contributed by atoms with Gasteiger partial charge in [0.25, 0.3) is 0 Å². The molecule has 8 rings (SSSR count). The van der Waals surface area contributed by atoms with Crippen molar-refractivity contribution in [1.29, 1.82) is 10.5 Å². The van der Waals surface area contributed by atoms with Gasteiger partial charge in [0, 0.05) is 62.8 Å².